The highest BCUT2D eigenvalue weighted by Gasteiger charge is 2.49. The van der Waals surface area contributed by atoms with E-state index in [-0.39, 0.29) is 18.5 Å². The Hall–Kier alpha value is -1.26. The first-order valence-corrected chi connectivity index (χ1v) is 7.02. The van der Waals surface area contributed by atoms with Gasteiger partial charge >= 0.3 is 17.8 Å². The van der Waals surface area contributed by atoms with Crippen molar-refractivity contribution in [2.45, 2.75) is 33.8 Å². The molecule has 9 nitrogen and oxygen atoms in total. The van der Waals surface area contributed by atoms with Crippen molar-refractivity contribution in [3.8, 4) is 0 Å². The molecule has 21 heavy (non-hydrogen) atoms. The summed E-state index contributed by atoms with van der Waals surface area (Å²) in [5, 5.41) is 0. The van der Waals surface area contributed by atoms with E-state index in [2.05, 4.69) is 0 Å². The highest BCUT2D eigenvalue weighted by atomic mass is 35.7. The molecule has 0 aromatic rings. The predicted octanol–water partition coefficient (Wildman–Crippen LogP) is -4.19. The highest BCUT2D eigenvalue weighted by Crippen LogP contribution is 2.27. The third-order valence-corrected chi connectivity index (χ3v) is 2.67. The molecule has 0 saturated carbocycles. The predicted molar refractivity (Wildman–Crippen MR) is 57.2 cm³/mol. The Morgan fingerprint density at radius 2 is 1.81 bits per heavy atom. The number of nitrogens with zero attached hydrogens (tertiary/aromatic N) is 1. The normalized spacial score (nSPS) is 18.9. The second-order valence-corrected chi connectivity index (χ2v) is 5.82. The lowest BCUT2D eigenvalue weighted by Gasteiger charge is -2.25. The number of halogens is 1. The van der Waals surface area contributed by atoms with E-state index in [9.17, 15) is 9.59 Å². The summed E-state index contributed by atoms with van der Waals surface area (Å²) in [4.78, 5) is 22.6. The third-order valence-electron chi connectivity index (χ3n) is 2.67. The van der Waals surface area contributed by atoms with Crippen LogP contribution in [0.4, 0.5) is 0 Å². The third kappa shape index (κ3) is 7.34. The monoisotopic (exact) mass is 327 g/mol. The van der Waals surface area contributed by atoms with Gasteiger partial charge in [-0.15, -0.1) is 14.8 Å². The largest absolute Gasteiger partial charge is 0.465 e. The maximum absolute atomic E-state index is 11.8. The van der Waals surface area contributed by atoms with Gasteiger partial charge in [0.25, 0.3) is 0 Å². The standard InChI is InChI=1S/C11H18NO4.ClHO4/c1-7-12(5)10(14)9(16-7)11(3,4)6-15-8(2)13;2-1(3,4)5/h9H,6H2,1-5H3;(H,2,3,4,5)/q+1;/p-1. The summed E-state index contributed by atoms with van der Waals surface area (Å²) in [6.07, 6.45) is -0.586. The number of likely N-dealkylation sites (N-methyl/N-ethyl adjacent to an activating group) is 1. The topological polar surface area (TPSA) is 148 Å². The second kappa shape index (κ2) is 7.14. The highest BCUT2D eigenvalue weighted by molar-refractivity contribution is 5.87. The lowest BCUT2D eigenvalue weighted by molar-refractivity contribution is -2.00. The van der Waals surface area contributed by atoms with Gasteiger partial charge in [0.15, 0.2) is 0 Å². The van der Waals surface area contributed by atoms with Crippen molar-refractivity contribution in [2.75, 3.05) is 13.7 Å². The zero-order valence-electron chi connectivity index (χ0n) is 12.4. The van der Waals surface area contributed by atoms with Crippen LogP contribution in [0.2, 0.25) is 0 Å². The summed E-state index contributed by atoms with van der Waals surface area (Å²) in [5.41, 5.74) is -0.533. The number of esters is 1. The quantitative estimate of drug-likeness (QED) is 0.374. The summed E-state index contributed by atoms with van der Waals surface area (Å²) >= 11 is 0. The van der Waals surface area contributed by atoms with Crippen molar-refractivity contribution in [3.63, 3.8) is 0 Å². The molecule has 0 radical (unpaired) electrons. The van der Waals surface area contributed by atoms with E-state index < -0.39 is 21.8 Å². The van der Waals surface area contributed by atoms with Crippen molar-refractivity contribution in [1.82, 2.24) is 0 Å². The molecule has 1 rings (SSSR count). The summed E-state index contributed by atoms with van der Waals surface area (Å²) in [7, 11) is -3.28. The molecule has 0 aliphatic carbocycles. The first kappa shape index (κ1) is 19.7. The molecule has 0 aromatic carbocycles. The van der Waals surface area contributed by atoms with Crippen molar-refractivity contribution in [3.05, 3.63) is 0 Å². The Kier molecular flexibility index (Phi) is 6.71. The molecule has 0 spiro atoms. The molecule has 0 bridgehead atoms. The number of carbonyl (C=O) groups excluding carboxylic acids is 2. The van der Waals surface area contributed by atoms with E-state index in [0.717, 1.165) is 0 Å². The van der Waals surface area contributed by atoms with Crippen LogP contribution in [0.25, 0.3) is 0 Å². The average Bonchev–Trinajstić information content (AvgIpc) is 2.53. The molecule has 1 aliphatic rings. The number of hydrogen-bond donors (Lipinski definition) is 0. The van der Waals surface area contributed by atoms with Gasteiger partial charge < -0.3 is 9.47 Å². The van der Waals surface area contributed by atoms with Gasteiger partial charge in [-0.3, -0.25) is 4.79 Å². The van der Waals surface area contributed by atoms with Gasteiger partial charge in [-0.25, -0.2) is 23.4 Å². The van der Waals surface area contributed by atoms with Crippen LogP contribution in [0.3, 0.4) is 0 Å². The maximum Gasteiger partial charge on any atom is 0.431 e. The molecule has 0 aromatic heterocycles. The minimum absolute atomic E-state index is 0.102. The zero-order valence-corrected chi connectivity index (χ0v) is 13.1. The molecular weight excluding hydrogens is 310 g/mol. The number of hydrogen-bond acceptors (Lipinski definition) is 8. The second-order valence-electron chi connectivity index (χ2n) is 5.06. The van der Waals surface area contributed by atoms with Gasteiger partial charge in [0.05, 0.1) is 12.3 Å². The molecule has 122 valence electrons. The molecule has 0 N–H and O–H groups in total. The van der Waals surface area contributed by atoms with Crippen molar-refractivity contribution in [2.24, 2.45) is 5.41 Å². The van der Waals surface area contributed by atoms with E-state index >= 15 is 0 Å². The van der Waals surface area contributed by atoms with Gasteiger partial charge in [0, 0.05) is 6.92 Å². The molecular formula is C11H18ClNO8. The summed E-state index contributed by atoms with van der Waals surface area (Å²) in [6.45, 7) is 6.92. The van der Waals surface area contributed by atoms with Crippen LogP contribution in [-0.4, -0.2) is 42.1 Å². The maximum atomic E-state index is 11.8. The van der Waals surface area contributed by atoms with Crippen LogP contribution in [0.1, 0.15) is 27.7 Å². The lowest BCUT2D eigenvalue weighted by Crippen LogP contribution is -2.68. The number of amides is 1. The van der Waals surface area contributed by atoms with E-state index in [0.29, 0.717) is 5.90 Å². The molecule has 10 heteroatoms. The Balaban J connectivity index is 0.000000690. The SMILES string of the molecule is CC(=O)OCC(C)(C)C1OC(C)=[N+](C)C1=O.[O-][Cl+3]([O-])([O-])[O-]. The first-order chi connectivity index (χ1) is 9.25. The van der Waals surface area contributed by atoms with Crippen LogP contribution in [0.15, 0.2) is 0 Å². The molecule has 0 fully saturated rings. The summed E-state index contributed by atoms with van der Waals surface area (Å²) in [5.74, 6) is 0.119. The molecule has 1 heterocycles. The average molecular weight is 328 g/mol. The molecule has 1 atom stereocenters. The fourth-order valence-corrected chi connectivity index (χ4v) is 1.49. The van der Waals surface area contributed by atoms with Gasteiger partial charge in [-0.2, -0.15) is 0 Å². The van der Waals surface area contributed by atoms with E-state index in [1.807, 2.05) is 13.8 Å². The Labute approximate surface area is 124 Å². The fraction of sp³-hybridized carbons (Fsp3) is 0.727. The van der Waals surface area contributed by atoms with Crippen LogP contribution in [0, 0.1) is 15.7 Å². The van der Waals surface area contributed by atoms with Crippen LogP contribution in [0.5, 0.6) is 0 Å². The van der Waals surface area contributed by atoms with Gasteiger partial charge in [-0.05, 0) is 0 Å². The minimum atomic E-state index is -4.94. The van der Waals surface area contributed by atoms with Gasteiger partial charge in [0.2, 0.25) is 6.10 Å². The van der Waals surface area contributed by atoms with Crippen molar-refractivity contribution in [1.29, 1.82) is 0 Å². The molecule has 1 amide bonds. The fourth-order valence-electron chi connectivity index (χ4n) is 1.49. The molecule has 1 aliphatic heterocycles. The van der Waals surface area contributed by atoms with Crippen molar-refractivity contribution >= 4 is 17.8 Å². The van der Waals surface area contributed by atoms with Gasteiger partial charge in [-0.1, -0.05) is 13.8 Å². The summed E-state index contributed by atoms with van der Waals surface area (Å²) < 4.78 is 45.9. The zero-order chi connectivity index (χ0) is 17.0. The summed E-state index contributed by atoms with van der Waals surface area (Å²) in [6, 6.07) is 0. The Morgan fingerprint density at radius 3 is 2.10 bits per heavy atom. The Bertz CT molecular complexity index is 434. The van der Waals surface area contributed by atoms with E-state index in [1.165, 1.54) is 11.5 Å². The lowest BCUT2D eigenvalue weighted by atomic mass is 9.87. The van der Waals surface area contributed by atoms with Crippen LogP contribution >= 0.6 is 0 Å². The van der Waals surface area contributed by atoms with Crippen LogP contribution in [-0.2, 0) is 19.1 Å². The Morgan fingerprint density at radius 1 is 1.38 bits per heavy atom. The molecule has 1 unspecified atom stereocenters. The van der Waals surface area contributed by atoms with Gasteiger partial charge in [0.1, 0.15) is 13.7 Å². The van der Waals surface area contributed by atoms with E-state index in [1.54, 1.807) is 14.0 Å². The minimum Gasteiger partial charge on any atom is -0.465 e. The first-order valence-electron chi connectivity index (χ1n) is 5.78. The number of carbonyl (C=O) groups is 2. The number of ether oxygens (including phenoxy) is 2. The van der Waals surface area contributed by atoms with Crippen LogP contribution < -0.4 is 18.6 Å². The number of rotatable bonds is 3. The smallest absolute Gasteiger partial charge is 0.431 e. The van der Waals surface area contributed by atoms with E-state index in [4.69, 9.17) is 28.1 Å². The molecule has 0 saturated heterocycles. The van der Waals surface area contributed by atoms with Crippen molar-refractivity contribution < 1.29 is 52.5 Å².